The molecule has 0 aliphatic carbocycles. The summed E-state index contributed by atoms with van der Waals surface area (Å²) in [5.74, 6) is -0.121. The lowest BCUT2D eigenvalue weighted by molar-refractivity contribution is -0.122. The summed E-state index contributed by atoms with van der Waals surface area (Å²) in [5, 5.41) is 2.20. The van der Waals surface area contributed by atoms with Gasteiger partial charge in [0.1, 0.15) is 17.1 Å². The molecule has 9 nitrogen and oxygen atoms in total. The van der Waals surface area contributed by atoms with Crippen LogP contribution in [0.1, 0.15) is 12.7 Å². The average molecular weight is 490 g/mol. The van der Waals surface area contributed by atoms with Crippen LogP contribution >= 0.6 is 15.9 Å². The summed E-state index contributed by atoms with van der Waals surface area (Å²) in [6.07, 6.45) is 1.33. The molecular formula is C21H20BrN3O6. The molecule has 2 aliphatic heterocycles. The number of nitrogens with zero attached hydrogens (tertiary/aromatic N) is 2. The van der Waals surface area contributed by atoms with E-state index in [4.69, 9.17) is 13.9 Å². The number of urea groups is 1. The molecule has 0 radical (unpaired) electrons. The Bertz CT molecular complexity index is 1060. The number of imide groups is 2. The summed E-state index contributed by atoms with van der Waals surface area (Å²) in [4.78, 5) is 40.8. The van der Waals surface area contributed by atoms with Crippen LogP contribution in [0, 0.1) is 0 Å². The molecular weight excluding hydrogens is 470 g/mol. The Hall–Kier alpha value is -3.11. The molecule has 0 bridgehead atoms. The number of morpholine rings is 1. The third-order valence-electron chi connectivity index (χ3n) is 4.76. The average Bonchev–Trinajstić information content (AvgIpc) is 3.12. The lowest BCUT2D eigenvalue weighted by Gasteiger charge is -2.27. The minimum absolute atomic E-state index is 0.212. The molecule has 0 atom stereocenters. The smallest absolute Gasteiger partial charge is 0.335 e. The van der Waals surface area contributed by atoms with E-state index >= 15 is 0 Å². The van der Waals surface area contributed by atoms with Gasteiger partial charge in [-0.3, -0.25) is 14.9 Å². The standard InChI is InChI=1S/C21H20BrN3O6/c1-2-30-14-5-3-4-13(10-14)25-19(27)16(18(26)23-21(25)28)11-15-12-17(22)20(31-15)24-6-8-29-9-7-24/h3-5,10-12H,2,6-9H2,1H3,(H,23,26,28)/b16-11-. The van der Waals surface area contributed by atoms with Crippen molar-refractivity contribution in [3.63, 3.8) is 0 Å². The molecule has 1 aromatic heterocycles. The predicted molar refractivity (Wildman–Crippen MR) is 116 cm³/mol. The predicted octanol–water partition coefficient (Wildman–Crippen LogP) is 2.94. The number of amides is 4. The first-order valence-corrected chi connectivity index (χ1v) is 10.5. The van der Waals surface area contributed by atoms with E-state index in [-0.39, 0.29) is 5.57 Å². The molecule has 2 fully saturated rings. The van der Waals surface area contributed by atoms with E-state index in [9.17, 15) is 14.4 Å². The number of hydrogen-bond acceptors (Lipinski definition) is 7. The molecule has 162 valence electrons. The van der Waals surface area contributed by atoms with Crippen LogP contribution in [0.15, 0.2) is 44.8 Å². The van der Waals surface area contributed by atoms with E-state index < -0.39 is 17.8 Å². The van der Waals surface area contributed by atoms with E-state index in [1.807, 2.05) is 11.8 Å². The lowest BCUT2D eigenvalue weighted by Crippen LogP contribution is -2.54. The first-order valence-electron chi connectivity index (χ1n) is 9.74. The molecule has 3 heterocycles. The van der Waals surface area contributed by atoms with Crippen molar-refractivity contribution >= 4 is 51.4 Å². The zero-order valence-corrected chi connectivity index (χ0v) is 18.3. The van der Waals surface area contributed by atoms with Crippen molar-refractivity contribution in [3.8, 4) is 5.75 Å². The highest BCUT2D eigenvalue weighted by Crippen LogP contribution is 2.33. The van der Waals surface area contributed by atoms with Crippen molar-refractivity contribution in [1.82, 2.24) is 5.32 Å². The molecule has 0 saturated carbocycles. The van der Waals surface area contributed by atoms with Gasteiger partial charge in [0.25, 0.3) is 11.8 Å². The maximum Gasteiger partial charge on any atom is 0.335 e. The van der Waals surface area contributed by atoms with E-state index in [2.05, 4.69) is 21.2 Å². The molecule has 10 heteroatoms. The van der Waals surface area contributed by atoms with Gasteiger partial charge in [0.05, 0.1) is 30.0 Å². The van der Waals surface area contributed by atoms with Crippen LogP contribution < -0.4 is 19.9 Å². The summed E-state index contributed by atoms with van der Waals surface area (Å²) in [6.45, 7) is 4.77. The van der Waals surface area contributed by atoms with Crippen LogP contribution in [0.4, 0.5) is 16.4 Å². The van der Waals surface area contributed by atoms with Gasteiger partial charge >= 0.3 is 6.03 Å². The third-order valence-corrected chi connectivity index (χ3v) is 5.33. The minimum atomic E-state index is -0.824. The van der Waals surface area contributed by atoms with Crippen molar-refractivity contribution in [2.75, 3.05) is 42.7 Å². The van der Waals surface area contributed by atoms with E-state index in [0.29, 0.717) is 60.5 Å². The summed E-state index contributed by atoms with van der Waals surface area (Å²) in [7, 11) is 0. The first kappa shape index (κ1) is 21.1. The summed E-state index contributed by atoms with van der Waals surface area (Å²) in [5.41, 5.74) is 0.0812. The Kier molecular flexibility index (Phi) is 6.10. The Morgan fingerprint density at radius 1 is 1.19 bits per heavy atom. The molecule has 0 spiro atoms. The van der Waals surface area contributed by atoms with E-state index in [1.54, 1.807) is 30.3 Å². The Balaban J connectivity index is 1.64. The summed E-state index contributed by atoms with van der Waals surface area (Å²) in [6, 6.07) is 7.39. The quantitative estimate of drug-likeness (QED) is 0.508. The highest BCUT2D eigenvalue weighted by Gasteiger charge is 2.37. The maximum absolute atomic E-state index is 13.1. The van der Waals surface area contributed by atoms with Crippen LogP contribution in [0.3, 0.4) is 0 Å². The maximum atomic E-state index is 13.1. The van der Waals surface area contributed by atoms with E-state index in [0.717, 1.165) is 4.90 Å². The molecule has 2 aromatic rings. The normalized spacial score (nSPS) is 18.5. The highest BCUT2D eigenvalue weighted by atomic mass is 79.9. The van der Waals surface area contributed by atoms with Crippen LogP contribution in [0.2, 0.25) is 0 Å². The van der Waals surface area contributed by atoms with Crippen LogP contribution in [0.5, 0.6) is 5.75 Å². The Morgan fingerprint density at radius 3 is 2.71 bits per heavy atom. The zero-order chi connectivity index (χ0) is 22.0. The molecule has 0 unspecified atom stereocenters. The van der Waals surface area contributed by atoms with Crippen molar-refractivity contribution in [3.05, 3.63) is 46.1 Å². The number of benzene rings is 1. The zero-order valence-electron chi connectivity index (χ0n) is 16.7. The van der Waals surface area contributed by atoms with E-state index in [1.165, 1.54) is 6.08 Å². The minimum Gasteiger partial charge on any atom is -0.494 e. The second-order valence-electron chi connectivity index (χ2n) is 6.79. The Labute approximate surface area is 186 Å². The molecule has 4 amide bonds. The number of barbiturate groups is 1. The molecule has 31 heavy (non-hydrogen) atoms. The summed E-state index contributed by atoms with van der Waals surface area (Å²) < 4.78 is 17.4. The number of nitrogens with one attached hydrogen (secondary N) is 1. The SMILES string of the molecule is CCOc1cccc(N2C(=O)NC(=O)/C(=C/c3cc(Br)c(N4CCOCC4)o3)C2=O)c1. The van der Waals surface area contributed by atoms with Crippen molar-refractivity contribution in [1.29, 1.82) is 0 Å². The fourth-order valence-electron chi connectivity index (χ4n) is 3.34. The first-order chi connectivity index (χ1) is 15.0. The molecule has 1 N–H and O–H groups in total. The number of anilines is 2. The second-order valence-corrected chi connectivity index (χ2v) is 7.64. The lowest BCUT2D eigenvalue weighted by atomic mass is 10.1. The number of hydrogen-bond donors (Lipinski definition) is 1. The van der Waals surface area contributed by atoms with Crippen LogP contribution in [0.25, 0.3) is 6.08 Å². The number of furan rings is 1. The highest BCUT2D eigenvalue weighted by molar-refractivity contribution is 9.10. The van der Waals surface area contributed by atoms with Gasteiger partial charge in [-0.05, 0) is 41.1 Å². The molecule has 4 rings (SSSR count). The van der Waals surface area contributed by atoms with Crippen molar-refractivity contribution in [2.45, 2.75) is 6.92 Å². The van der Waals surface area contributed by atoms with Gasteiger partial charge in [-0.2, -0.15) is 0 Å². The Morgan fingerprint density at radius 2 is 1.97 bits per heavy atom. The number of carbonyl (C=O) groups is 3. The van der Waals surface area contributed by atoms with Gasteiger partial charge in [-0.25, -0.2) is 9.69 Å². The number of ether oxygens (including phenoxy) is 2. The van der Waals surface area contributed by atoms with Gasteiger partial charge < -0.3 is 18.8 Å². The van der Waals surface area contributed by atoms with Crippen LogP contribution in [-0.2, 0) is 14.3 Å². The molecule has 2 saturated heterocycles. The fourth-order valence-corrected chi connectivity index (χ4v) is 3.90. The van der Waals surface area contributed by atoms with Gasteiger partial charge in [-0.1, -0.05) is 6.07 Å². The molecule has 1 aromatic carbocycles. The third kappa shape index (κ3) is 4.35. The number of rotatable bonds is 5. The molecule has 2 aliphatic rings. The topological polar surface area (TPSA) is 101 Å². The monoisotopic (exact) mass is 489 g/mol. The van der Waals surface area contributed by atoms with Crippen molar-refractivity contribution in [2.24, 2.45) is 0 Å². The number of carbonyl (C=O) groups excluding carboxylic acids is 3. The van der Waals surface area contributed by atoms with Gasteiger partial charge in [0, 0.05) is 25.2 Å². The van der Waals surface area contributed by atoms with Gasteiger partial charge in [0.15, 0.2) is 0 Å². The second kappa shape index (κ2) is 8.94. The largest absolute Gasteiger partial charge is 0.494 e. The van der Waals surface area contributed by atoms with Crippen LogP contribution in [-0.4, -0.2) is 50.8 Å². The van der Waals surface area contributed by atoms with Gasteiger partial charge in [-0.15, -0.1) is 0 Å². The fraction of sp³-hybridized carbons (Fsp3) is 0.286. The van der Waals surface area contributed by atoms with Crippen molar-refractivity contribution < 1.29 is 28.3 Å². The number of halogens is 1. The van der Waals surface area contributed by atoms with Gasteiger partial charge in [0.2, 0.25) is 5.88 Å². The summed E-state index contributed by atoms with van der Waals surface area (Å²) >= 11 is 3.46.